The van der Waals surface area contributed by atoms with Crippen LogP contribution in [0.5, 0.6) is 0 Å². The third kappa shape index (κ3) is 2.90. The largest absolute Gasteiger partial charge is 0.396 e. The molecule has 6 heteroatoms. The van der Waals surface area contributed by atoms with E-state index in [1.165, 1.54) is 0 Å². The Morgan fingerprint density at radius 1 is 1.64 bits per heavy atom. The molecule has 0 aliphatic heterocycles. The number of nitrogens with one attached hydrogen (secondary N) is 1. The second-order valence-corrected chi connectivity index (χ2v) is 3.30. The summed E-state index contributed by atoms with van der Waals surface area (Å²) in [6.45, 7) is 1.48. The van der Waals surface area contributed by atoms with E-state index in [-0.39, 0.29) is 6.61 Å². The molecule has 1 aromatic heterocycles. The summed E-state index contributed by atoms with van der Waals surface area (Å²) in [5.41, 5.74) is 0. The van der Waals surface area contributed by atoms with E-state index in [2.05, 4.69) is 10.2 Å². The maximum absolute atomic E-state index is 8.70. The predicted molar refractivity (Wildman–Crippen MR) is 54.7 cm³/mol. The molecule has 5 nitrogen and oxygen atoms in total. The zero-order chi connectivity index (χ0) is 10.4. The molecule has 1 aromatic rings. The second-order valence-electron chi connectivity index (χ2n) is 2.92. The topological polar surface area (TPSA) is 63.1 Å². The van der Waals surface area contributed by atoms with E-state index in [1.807, 2.05) is 4.57 Å². The van der Waals surface area contributed by atoms with Gasteiger partial charge >= 0.3 is 0 Å². The molecule has 0 spiro atoms. The summed E-state index contributed by atoms with van der Waals surface area (Å²) in [6.07, 6.45) is 1.43. The van der Waals surface area contributed by atoms with Crippen molar-refractivity contribution in [2.45, 2.75) is 19.4 Å². The second kappa shape index (κ2) is 5.90. The Hall–Kier alpha value is -0.720. The molecule has 0 amide bonds. The zero-order valence-corrected chi connectivity index (χ0v) is 9.01. The summed E-state index contributed by atoms with van der Waals surface area (Å²) >= 11 is 5.06. The number of hydrogen-bond acceptors (Lipinski definition) is 4. The first-order valence-corrected chi connectivity index (χ1v) is 4.94. The number of aromatic amines is 1. The molecule has 0 saturated carbocycles. The van der Waals surface area contributed by atoms with Gasteiger partial charge in [0, 0.05) is 26.7 Å². The molecule has 1 heterocycles. The third-order valence-corrected chi connectivity index (χ3v) is 2.23. The molecule has 80 valence electrons. The van der Waals surface area contributed by atoms with Gasteiger partial charge in [0.2, 0.25) is 0 Å². The molecular weight excluding hydrogens is 202 g/mol. The van der Waals surface area contributed by atoms with Gasteiger partial charge in [-0.3, -0.25) is 5.10 Å². The van der Waals surface area contributed by atoms with Gasteiger partial charge in [0.1, 0.15) is 5.82 Å². The van der Waals surface area contributed by atoms with Gasteiger partial charge in [0.25, 0.3) is 0 Å². The van der Waals surface area contributed by atoms with Crippen molar-refractivity contribution in [3.05, 3.63) is 10.6 Å². The fraction of sp³-hybridized carbons (Fsp3) is 0.750. The van der Waals surface area contributed by atoms with Gasteiger partial charge in [-0.25, -0.2) is 0 Å². The van der Waals surface area contributed by atoms with E-state index < -0.39 is 0 Å². The molecule has 2 N–H and O–H groups in total. The van der Waals surface area contributed by atoms with Crippen LogP contribution < -0.4 is 0 Å². The lowest BCUT2D eigenvalue weighted by molar-refractivity contribution is 0.185. The summed E-state index contributed by atoms with van der Waals surface area (Å²) in [4.78, 5) is 0. The van der Waals surface area contributed by atoms with Crippen molar-refractivity contribution in [3.63, 3.8) is 0 Å². The molecule has 1 rings (SSSR count). The fourth-order valence-corrected chi connectivity index (χ4v) is 1.43. The van der Waals surface area contributed by atoms with Crippen LogP contribution in [0.3, 0.4) is 0 Å². The van der Waals surface area contributed by atoms with Gasteiger partial charge in [0.15, 0.2) is 4.77 Å². The van der Waals surface area contributed by atoms with Crippen molar-refractivity contribution in [2.24, 2.45) is 0 Å². The maximum atomic E-state index is 8.70. The number of methoxy groups -OCH3 is 1. The van der Waals surface area contributed by atoms with Crippen molar-refractivity contribution in [2.75, 3.05) is 20.3 Å². The van der Waals surface area contributed by atoms with E-state index in [0.717, 1.165) is 12.2 Å². The standard InChI is InChI=1S/C8H15N3O2S/c1-13-6-4-11-7(3-2-5-12)9-10-8(11)14/h12H,2-6H2,1H3,(H,10,14). The Labute approximate surface area is 87.7 Å². The van der Waals surface area contributed by atoms with Crippen LogP contribution in [0.15, 0.2) is 0 Å². The minimum Gasteiger partial charge on any atom is -0.396 e. The van der Waals surface area contributed by atoms with Crippen LogP contribution in [0.2, 0.25) is 0 Å². The Balaban J connectivity index is 2.67. The monoisotopic (exact) mass is 217 g/mol. The summed E-state index contributed by atoms with van der Waals surface area (Å²) < 4.78 is 7.48. The van der Waals surface area contributed by atoms with Crippen LogP contribution in [0, 0.1) is 4.77 Å². The molecule has 14 heavy (non-hydrogen) atoms. The highest BCUT2D eigenvalue weighted by Gasteiger charge is 2.04. The van der Waals surface area contributed by atoms with E-state index >= 15 is 0 Å². The number of aromatic nitrogens is 3. The molecule has 0 fully saturated rings. The number of aliphatic hydroxyl groups is 1. The van der Waals surface area contributed by atoms with Crippen molar-refractivity contribution < 1.29 is 9.84 Å². The predicted octanol–water partition coefficient (Wildman–Crippen LogP) is 0.512. The van der Waals surface area contributed by atoms with Crippen molar-refractivity contribution in [3.8, 4) is 0 Å². The van der Waals surface area contributed by atoms with Crippen molar-refractivity contribution >= 4 is 12.2 Å². The molecule has 0 aliphatic carbocycles. The van der Waals surface area contributed by atoms with Gasteiger partial charge in [-0.1, -0.05) is 0 Å². The number of hydrogen-bond donors (Lipinski definition) is 2. The molecule has 0 atom stereocenters. The van der Waals surface area contributed by atoms with E-state index in [4.69, 9.17) is 22.1 Å². The number of H-pyrrole nitrogens is 1. The Bertz CT molecular complexity index is 321. The minimum atomic E-state index is 0.171. The quantitative estimate of drug-likeness (QED) is 0.682. The van der Waals surface area contributed by atoms with Crippen LogP contribution in [-0.2, 0) is 17.7 Å². The Morgan fingerprint density at radius 3 is 3.07 bits per heavy atom. The first-order chi connectivity index (χ1) is 6.79. The lowest BCUT2D eigenvalue weighted by Gasteiger charge is -2.04. The fourth-order valence-electron chi connectivity index (χ4n) is 1.19. The van der Waals surface area contributed by atoms with Crippen molar-refractivity contribution in [1.29, 1.82) is 0 Å². The van der Waals surface area contributed by atoms with Crippen LogP contribution in [0.4, 0.5) is 0 Å². The molecule has 0 saturated heterocycles. The minimum absolute atomic E-state index is 0.171. The Kier molecular flexibility index (Phi) is 4.78. The first-order valence-electron chi connectivity index (χ1n) is 4.53. The zero-order valence-electron chi connectivity index (χ0n) is 8.19. The molecule has 0 aliphatic rings. The molecule has 0 bridgehead atoms. The number of aliphatic hydroxyl groups excluding tert-OH is 1. The molecule has 0 aromatic carbocycles. The van der Waals surface area contributed by atoms with Gasteiger partial charge in [-0.05, 0) is 18.6 Å². The highest BCUT2D eigenvalue weighted by Crippen LogP contribution is 2.01. The van der Waals surface area contributed by atoms with Gasteiger partial charge < -0.3 is 14.4 Å². The van der Waals surface area contributed by atoms with Crippen LogP contribution >= 0.6 is 12.2 Å². The number of aryl methyl sites for hydroxylation is 1. The molecule has 0 radical (unpaired) electrons. The third-order valence-electron chi connectivity index (χ3n) is 1.91. The summed E-state index contributed by atoms with van der Waals surface area (Å²) in [5, 5.41) is 15.5. The van der Waals surface area contributed by atoms with Crippen LogP contribution in [-0.4, -0.2) is 40.2 Å². The van der Waals surface area contributed by atoms with Crippen LogP contribution in [0.1, 0.15) is 12.2 Å². The summed E-state index contributed by atoms with van der Waals surface area (Å²) in [6, 6.07) is 0. The maximum Gasteiger partial charge on any atom is 0.195 e. The SMILES string of the molecule is COCCn1c(CCCO)n[nH]c1=S. The summed E-state index contributed by atoms with van der Waals surface area (Å²) in [5.74, 6) is 0.876. The van der Waals surface area contributed by atoms with Gasteiger partial charge in [0.05, 0.1) is 6.61 Å². The first kappa shape index (κ1) is 11.4. The highest BCUT2D eigenvalue weighted by molar-refractivity contribution is 7.71. The van der Waals surface area contributed by atoms with E-state index in [9.17, 15) is 0 Å². The van der Waals surface area contributed by atoms with E-state index in [0.29, 0.717) is 24.3 Å². The average Bonchev–Trinajstić information content (AvgIpc) is 2.53. The van der Waals surface area contributed by atoms with Crippen molar-refractivity contribution in [1.82, 2.24) is 14.8 Å². The molecular formula is C8H15N3O2S. The number of ether oxygens (including phenoxy) is 1. The van der Waals surface area contributed by atoms with Crippen LogP contribution in [0.25, 0.3) is 0 Å². The average molecular weight is 217 g/mol. The number of rotatable bonds is 6. The smallest absolute Gasteiger partial charge is 0.195 e. The lowest BCUT2D eigenvalue weighted by Crippen LogP contribution is -2.09. The molecule has 0 unspecified atom stereocenters. The lowest BCUT2D eigenvalue weighted by atomic mass is 10.3. The van der Waals surface area contributed by atoms with E-state index in [1.54, 1.807) is 7.11 Å². The summed E-state index contributed by atoms with van der Waals surface area (Å²) in [7, 11) is 1.65. The number of nitrogens with zero attached hydrogens (tertiary/aromatic N) is 2. The highest BCUT2D eigenvalue weighted by atomic mass is 32.1. The normalized spacial score (nSPS) is 10.7. The van der Waals surface area contributed by atoms with Gasteiger partial charge in [-0.15, -0.1) is 0 Å². The Morgan fingerprint density at radius 2 is 2.43 bits per heavy atom. The van der Waals surface area contributed by atoms with Gasteiger partial charge in [-0.2, -0.15) is 5.10 Å².